The minimum absolute atomic E-state index is 0. The van der Waals surface area contributed by atoms with Crippen molar-refractivity contribution in [1.29, 1.82) is 0 Å². The lowest BCUT2D eigenvalue weighted by Crippen LogP contribution is -2.33. The maximum atomic E-state index is 12.3. The average Bonchev–Trinajstić information content (AvgIpc) is 2.78. The number of aryl methyl sites for hydroxylation is 2. The molecule has 0 aromatic heterocycles. The Bertz CT molecular complexity index is 854. The maximum Gasteiger partial charge on any atom is 0.238 e. The van der Waals surface area contributed by atoms with Gasteiger partial charge in [-0.3, -0.25) is 19.4 Å². The van der Waals surface area contributed by atoms with E-state index >= 15 is 0 Å². The first kappa shape index (κ1) is 31.9. The molecule has 0 aliphatic rings. The third-order valence-corrected chi connectivity index (χ3v) is 5.86. The van der Waals surface area contributed by atoms with E-state index in [9.17, 15) is 9.59 Å². The van der Waals surface area contributed by atoms with E-state index in [4.69, 9.17) is 0 Å². The topological polar surface area (TPSA) is 64.7 Å². The highest BCUT2D eigenvalue weighted by Gasteiger charge is 2.12. The zero-order chi connectivity index (χ0) is 23.7. The normalized spacial score (nSPS) is 10.5. The standard InChI is InChI=1S/C26H38N4O2.2ClH/c1-7-29(8-2)17-25(31)27-23-13-11-21(15-19(23)5)22-12-14-24(20(6)16-22)28-26(32)18-30(9-3)10-4;;/h11-16H,7-10,17-18H2,1-6H3,(H,27,31)(H,28,32);2*1H. The fraction of sp³-hybridized carbons (Fsp3) is 0.462. The molecule has 0 saturated carbocycles. The van der Waals surface area contributed by atoms with Gasteiger partial charge in [0.25, 0.3) is 0 Å². The molecule has 0 heterocycles. The number of hydrogen-bond acceptors (Lipinski definition) is 4. The van der Waals surface area contributed by atoms with Crippen molar-refractivity contribution in [2.24, 2.45) is 0 Å². The van der Waals surface area contributed by atoms with Crippen LogP contribution in [-0.4, -0.2) is 60.9 Å². The highest BCUT2D eigenvalue weighted by molar-refractivity contribution is 5.94. The van der Waals surface area contributed by atoms with Crippen molar-refractivity contribution in [3.05, 3.63) is 47.5 Å². The van der Waals surface area contributed by atoms with Crippen LogP contribution in [0.5, 0.6) is 0 Å². The summed E-state index contributed by atoms with van der Waals surface area (Å²) < 4.78 is 0. The van der Waals surface area contributed by atoms with Gasteiger partial charge in [0.2, 0.25) is 11.8 Å². The van der Waals surface area contributed by atoms with Crippen molar-refractivity contribution in [3.63, 3.8) is 0 Å². The quantitative estimate of drug-likeness (QED) is 0.426. The first-order valence-electron chi connectivity index (χ1n) is 11.6. The molecule has 2 aromatic rings. The predicted octanol–water partition coefficient (Wildman–Crippen LogP) is 5.37. The van der Waals surface area contributed by atoms with Gasteiger partial charge in [0.05, 0.1) is 13.1 Å². The van der Waals surface area contributed by atoms with Crippen LogP contribution in [0.25, 0.3) is 11.1 Å². The summed E-state index contributed by atoms with van der Waals surface area (Å²) in [4.78, 5) is 28.8. The molecule has 190 valence electrons. The van der Waals surface area contributed by atoms with Crippen LogP contribution < -0.4 is 10.6 Å². The molecule has 0 atom stereocenters. The third-order valence-electron chi connectivity index (χ3n) is 5.86. The first-order chi connectivity index (χ1) is 15.3. The number of anilines is 2. The Kier molecular flexibility index (Phi) is 14.7. The molecule has 2 aromatic carbocycles. The summed E-state index contributed by atoms with van der Waals surface area (Å²) in [5.74, 6) is 0.00963. The lowest BCUT2D eigenvalue weighted by molar-refractivity contribution is -0.118. The van der Waals surface area contributed by atoms with Crippen molar-refractivity contribution < 1.29 is 9.59 Å². The highest BCUT2D eigenvalue weighted by Crippen LogP contribution is 2.28. The summed E-state index contributed by atoms with van der Waals surface area (Å²) >= 11 is 0. The van der Waals surface area contributed by atoms with Gasteiger partial charge in [0, 0.05) is 11.4 Å². The summed E-state index contributed by atoms with van der Waals surface area (Å²) in [6.45, 7) is 16.4. The number of rotatable bonds is 11. The van der Waals surface area contributed by atoms with Crippen LogP contribution in [0, 0.1) is 13.8 Å². The van der Waals surface area contributed by atoms with Gasteiger partial charge >= 0.3 is 0 Å². The molecular weight excluding hydrogens is 471 g/mol. The number of amides is 2. The van der Waals surface area contributed by atoms with Crippen molar-refractivity contribution in [2.45, 2.75) is 41.5 Å². The van der Waals surface area contributed by atoms with Crippen LogP contribution >= 0.6 is 24.8 Å². The first-order valence-corrected chi connectivity index (χ1v) is 11.6. The van der Waals surface area contributed by atoms with Crippen LogP contribution in [0.2, 0.25) is 0 Å². The van der Waals surface area contributed by atoms with E-state index in [1.54, 1.807) is 0 Å². The predicted molar refractivity (Wildman–Crippen MR) is 149 cm³/mol. The lowest BCUT2D eigenvalue weighted by Gasteiger charge is -2.18. The second-order valence-corrected chi connectivity index (χ2v) is 8.08. The number of carbonyl (C=O) groups excluding carboxylic acids is 2. The number of benzene rings is 2. The zero-order valence-corrected chi connectivity index (χ0v) is 22.9. The molecule has 2 N–H and O–H groups in total. The molecular formula is C26H40Cl2N4O2. The number of nitrogens with zero attached hydrogens (tertiary/aromatic N) is 2. The summed E-state index contributed by atoms with van der Waals surface area (Å²) in [5, 5.41) is 6.05. The van der Waals surface area contributed by atoms with Gasteiger partial charge in [-0.1, -0.05) is 39.8 Å². The van der Waals surface area contributed by atoms with E-state index in [2.05, 4.69) is 60.3 Å². The number of nitrogens with one attached hydrogen (secondary N) is 2. The fourth-order valence-electron chi connectivity index (χ4n) is 3.65. The smallest absolute Gasteiger partial charge is 0.238 e. The van der Waals surface area contributed by atoms with Crippen molar-refractivity contribution in [3.8, 4) is 11.1 Å². The van der Waals surface area contributed by atoms with Gasteiger partial charge in [-0.05, 0) is 86.5 Å². The van der Waals surface area contributed by atoms with Crippen molar-refractivity contribution in [2.75, 3.05) is 49.9 Å². The van der Waals surface area contributed by atoms with Gasteiger partial charge in [-0.25, -0.2) is 0 Å². The van der Waals surface area contributed by atoms with E-state index < -0.39 is 0 Å². The Morgan fingerprint density at radius 2 is 0.971 bits per heavy atom. The molecule has 0 spiro atoms. The Hall–Kier alpha value is -2.12. The van der Waals surface area contributed by atoms with Gasteiger partial charge in [-0.2, -0.15) is 0 Å². The molecule has 0 saturated heterocycles. The van der Waals surface area contributed by atoms with E-state index in [0.29, 0.717) is 13.1 Å². The van der Waals surface area contributed by atoms with E-state index in [1.807, 2.05) is 38.1 Å². The van der Waals surface area contributed by atoms with Crippen molar-refractivity contribution in [1.82, 2.24) is 9.80 Å². The molecule has 34 heavy (non-hydrogen) atoms. The van der Waals surface area contributed by atoms with Crippen molar-refractivity contribution >= 4 is 48.0 Å². The minimum atomic E-state index is 0. The lowest BCUT2D eigenvalue weighted by atomic mass is 10.00. The zero-order valence-electron chi connectivity index (χ0n) is 21.2. The molecule has 2 rings (SSSR count). The summed E-state index contributed by atoms with van der Waals surface area (Å²) in [5.41, 5.74) is 5.86. The van der Waals surface area contributed by atoms with Gasteiger partial charge < -0.3 is 10.6 Å². The van der Waals surface area contributed by atoms with E-state index in [1.165, 1.54) is 0 Å². The Morgan fingerprint density at radius 3 is 1.24 bits per heavy atom. The molecule has 0 aliphatic heterocycles. The number of halogens is 2. The van der Waals surface area contributed by atoms with Gasteiger partial charge in [0.1, 0.15) is 0 Å². The Morgan fingerprint density at radius 1 is 0.647 bits per heavy atom. The summed E-state index contributed by atoms with van der Waals surface area (Å²) in [7, 11) is 0. The molecule has 2 amide bonds. The number of carbonyl (C=O) groups is 2. The number of likely N-dealkylation sites (N-methyl/N-ethyl adjacent to an activating group) is 2. The second kappa shape index (κ2) is 15.7. The van der Waals surface area contributed by atoms with Crippen LogP contribution in [0.4, 0.5) is 11.4 Å². The largest absolute Gasteiger partial charge is 0.325 e. The van der Waals surface area contributed by atoms with Gasteiger partial charge in [-0.15, -0.1) is 24.8 Å². The summed E-state index contributed by atoms with van der Waals surface area (Å²) in [6.07, 6.45) is 0. The third kappa shape index (κ3) is 9.26. The number of hydrogen-bond donors (Lipinski definition) is 2. The minimum Gasteiger partial charge on any atom is -0.325 e. The van der Waals surface area contributed by atoms with Crippen LogP contribution in [0.3, 0.4) is 0 Å². The second-order valence-electron chi connectivity index (χ2n) is 8.08. The molecule has 0 fully saturated rings. The Labute approximate surface area is 217 Å². The van der Waals surface area contributed by atoms with E-state index in [-0.39, 0.29) is 36.6 Å². The molecule has 0 unspecified atom stereocenters. The molecule has 6 nitrogen and oxygen atoms in total. The average molecular weight is 512 g/mol. The van der Waals surface area contributed by atoms with Gasteiger partial charge in [0.15, 0.2) is 0 Å². The molecule has 0 aliphatic carbocycles. The monoisotopic (exact) mass is 510 g/mol. The molecule has 8 heteroatoms. The molecule has 0 bridgehead atoms. The van der Waals surface area contributed by atoms with Crippen LogP contribution in [-0.2, 0) is 9.59 Å². The Balaban J connectivity index is 0.00000544. The maximum absolute atomic E-state index is 12.3. The SMILES string of the molecule is CCN(CC)CC(=O)Nc1ccc(-c2ccc(NC(=O)CN(CC)CC)c(C)c2)cc1C.Cl.Cl. The van der Waals surface area contributed by atoms with Crippen LogP contribution in [0.1, 0.15) is 38.8 Å². The van der Waals surface area contributed by atoms with Crippen LogP contribution in [0.15, 0.2) is 36.4 Å². The fourth-order valence-corrected chi connectivity index (χ4v) is 3.65. The highest BCUT2D eigenvalue weighted by atomic mass is 35.5. The molecule has 0 radical (unpaired) electrons. The van der Waals surface area contributed by atoms with E-state index in [0.717, 1.165) is 59.8 Å². The summed E-state index contributed by atoms with van der Waals surface area (Å²) in [6, 6.07) is 12.1.